The van der Waals surface area contributed by atoms with Crippen LogP contribution in [0.15, 0.2) is 0 Å². The van der Waals surface area contributed by atoms with Crippen LogP contribution in [0.4, 0.5) is 0 Å². The molecule has 0 N–H and O–H groups in total. The smallest absolute Gasteiger partial charge is 0.305 e. The number of carbonyl (C=O) groups excluding carboxylic acids is 2. The predicted octanol–water partition coefficient (Wildman–Crippen LogP) is 2.70. The molecule has 0 radical (unpaired) electrons. The van der Waals surface area contributed by atoms with Crippen molar-refractivity contribution in [3.05, 3.63) is 0 Å². The van der Waals surface area contributed by atoms with E-state index in [9.17, 15) is 9.59 Å². The molecule has 0 aliphatic rings. The fraction of sp³-hybridized carbons (Fsp3) is 0.846. The third kappa shape index (κ3) is 8.72. The van der Waals surface area contributed by atoms with Crippen molar-refractivity contribution in [2.75, 3.05) is 6.61 Å². The van der Waals surface area contributed by atoms with Crippen LogP contribution in [0, 0.1) is 5.41 Å². The Morgan fingerprint density at radius 3 is 2.00 bits per heavy atom. The molecule has 0 aliphatic carbocycles. The van der Waals surface area contributed by atoms with Crippen LogP contribution in [-0.4, -0.2) is 24.6 Å². The van der Waals surface area contributed by atoms with Gasteiger partial charge in [0.15, 0.2) is 0 Å². The molecular weight excluding hydrogens is 220 g/mol. The summed E-state index contributed by atoms with van der Waals surface area (Å²) in [7, 11) is 0. The highest BCUT2D eigenvalue weighted by molar-refractivity contribution is 5.69. The van der Waals surface area contributed by atoms with Gasteiger partial charge in [-0.1, -0.05) is 34.6 Å². The molecule has 0 amide bonds. The highest BCUT2D eigenvalue weighted by Gasteiger charge is 2.22. The fourth-order valence-electron chi connectivity index (χ4n) is 1.37. The molecule has 0 bridgehead atoms. The highest BCUT2D eigenvalue weighted by Crippen LogP contribution is 2.23. The Bertz CT molecular complexity index is 253. The second-order valence-corrected chi connectivity index (χ2v) is 5.27. The lowest BCUT2D eigenvalue weighted by Crippen LogP contribution is -2.29. The van der Waals surface area contributed by atoms with Gasteiger partial charge in [0.1, 0.15) is 12.7 Å². The first-order valence-electron chi connectivity index (χ1n) is 6.13. The molecule has 0 saturated heterocycles. The van der Waals surface area contributed by atoms with Gasteiger partial charge < -0.3 is 9.47 Å². The topological polar surface area (TPSA) is 52.6 Å². The van der Waals surface area contributed by atoms with E-state index >= 15 is 0 Å². The van der Waals surface area contributed by atoms with E-state index in [1.54, 1.807) is 13.8 Å². The Kier molecular flexibility index (Phi) is 6.85. The van der Waals surface area contributed by atoms with Crippen LogP contribution in [0.25, 0.3) is 0 Å². The standard InChI is InChI=1S/C13H24O4/c1-6-11(14)16-9-10(8-13(3,4)5)17-12(15)7-2/h10H,6-9H2,1-5H3/t10-/m0/s1. The molecule has 0 heterocycles. The molecule has 17 heavy (non-hydrogen) atoms. The van der Waals surface area contributed by atoms with E-state index in [0.29, 0.717) is 19.3 Å². The summed E-state index contributed by atoms with van der Waals surface area (Å²) in [6, 6.07) is 0. The quantitative estimate of drug-likeness (QED) is 0.674. The zero-order valence-corrected chi connectivity index (χ0v) is 11.5. The Morgan fingerprint density at radius 1 is 1.06 bits per heavy atom. The van der Waals surface area contributed by atoms with Crippen molar-refractivity contribution in [3.8, 4) is 0 Å². The molecule has 0 spiro atoms. The average molecular weight is 244 g/mol. The van der Waals surface area contributed by atoms with Crippen molar-refractivity contribution in [2.45, 2.75) is 60.0 Å². The lowest BCUT2D eigenvalue weighted by atomic mass is 9.89. The lowest BCUT2D eigenvalue weighted by molar-refractivity contribution is -0.160. The van der Waals surface area contributed by atoms with Crippen LogP contribution in [-0.2, 0) is 19.1 Å². The third-order valence-corrected chi connectivity index (χ3v) is 2.15. The van der Waals surface area contributed by atoms with Crippen LogP contribution in [0.3, 0.4) is 0 Å². The van der Waals surface area contributed by atoms with Gasteiger partial charge in [-0.05, 0) is 11.8 Å². The molecule has 0 aromatic rings. The van der Waals surface area contributed by atoms with Crippen molar-refractivity contribution in [1.82, 2.24) is 0 Å². The summed E-state index contributed by atoms with van der Waals surface area (Å²) in [5, 5.41) is 0. The number of hydrogen-bond acceptors (Lipinski definition) is 4. The number of ether oxygens (including phenoxy) is 2. The van der Waals surface area contributed by atoms with Gasteiger partial charge in [-0.25, -0.2) is 0 Å². The van der Waals surface area contributed by atoms with E-state index in [-0.39, 0.29) is 30.1 Å². The van der Waals surface area contributed by atoms with Gasteiger partial charge in [0, 0.05) is 12.8 Å². The first-order chi connectivity index (χ1) is 7.78. The molecule has 0 saturated carbocycles. The Labute approximate surface area is 104 Å². The van der Waals surface area contributed by atoms with Gasteiger partial charge in [0.25, 0.3) is 0 Å². The Balaban J connectivity index is 4.30. The maximum absolute atomic E-state index is 11.3. The summed E-state index contributed by atoms with van der Waals surface area (Å²) in [4.78, 5) is 22.3. The van der Waals surface area contributed by atoms with E-state index in [4.69, 9.17) is 9.47 Å². The minimum atomic E-state index is -0.349. The largest absolute Gasteiger partial charge is 0.462 e. The van der Waals surface area contributed by atoms with Crippen LogP contribution in [0.1, 0.15) is 53.9 Å². The fourth-order valence-corrected chi connectivity index (χ4v) is 1.37. The summed E-state index contributed by atoms with van der Waals surface area (Å²) >= 11 is 0. The molecule has 0 unspecified atom stereocenters. The number of rotatable bonds is 6. The molecule has 1 atom stereocenters. The second-order valence-electron chi connectivity index (χ2n) is 5.27. The minimum absolute atomic E-state index is 0.0251. The third-order valence-electron chi connectivity index (χ3n) is 2.15. The van der Waals surface area contributed by atoms with Crippen molar-refractivity contribution < 1.29 is 19.1 Å². The number of carbonyl (C=O) groups is 2. The lowest BCUT2D eigenvalue weighted by Gasteiger charge is -2.25. The van der Waals surface area contributed by atoms with Gasteiger partial charge in [-0.2, -0.15) is 0 Å². The van der Waals surface area contributed by atoms with E-state index in [1.807, 2.05) is 0 Å². The Morgan fingerprint density at radius 2 is 1.59 bits per heavy atom. The van der Waals surface area contributed by atoms with E-state index in [2.05, 4.69) is 20.8 Å². The Hall–Kier alpha value is -1.06. The van der Waals surface area contributed by atoms with E-state index < -0.39 is 0 Å². The maximum Gasteiger partial charge on any atom is 0.305 e. The van der Waals surface area contributed by atoms with Crippen LogP contribution >= 0.6 is 0 Å². The molecule has 0 aliphatic heterocycles. The van der Waals surface area contributed by atoms with Crippen molar-refractivity contribution >= 4 is 11.9 Å². The zero-order valence-electron chi connectivity index (χ0n) is 11.5. The van der Waals surface area contributed by atoms with E-state index in [1.165, 1.54) is 0 Å². The predicted molar refractivity (Wildman–Crippen MR) is 65.5 cm³/mol. The summed E-state index contributed by atoms with van der Waals surface area (Å²) < 4.78 is 10.3. The molecule has 100 valence electrons. The molecule has 4 heteroatoms. The van der Waals surface area contributed by atoms with Crippen molar-refractivity contribution in [3.63, 3.8) is 0 Å². The van der Waals surface area contributed by atoms with Crippen LogP contribution in [0.5, 0.6) is 0 Å². The summed E-state index contributed by atoms with van der Waals surface area (Å²) in [6.45, 7) is 9.80. The molecule has 0 aromatic heterocycles. The van der Waals surface area contributed by atoms with E-state index in [0.717, 1.165) is 0 Å². The monoisotopic (exact) mass is 244 g/mol. The highest BCUT2D eigenvalue weighted by atomic mass is 16.6. The van der Waals surface area contributed by atoms with Crippen LogP contribution in [0.2, 0.25) is 0 Å². The minimum Gasteiger partial charge on any atom is -0.462 e. The zero-order chi connectivity index (χ0) is 13.5. The van der Waals surface area contributed by atoms with Gasteiger partial charge in [-0.3, -0.25) is 9.59 Å². The number of hydrogen-bond donors (Lipinski definition) is 0. The average Bonchev–Trinajstić information content (AvgIpc) is 2.23. The molecule has 0 aromatic carbocycles. The van der Waals surface area contributed by atoms with Gasteiger partial charge in [0.05, 0.1) is 0 Å². The summed E-state index contributed by atoms with van der Waals surface area (Å²) in [5.41, 5.74) is 0.0251. The molecular formula is C13H24O4. The van der Waals surface area contributed by atoms with Gasteiger partial charge in [0.2, 0.25) is 0 Å². The summed E-state index contributed by atoms with van der Waals surface area (Å²) in [6.07, 6.45) is 1.00. The first-order valence-corrected chi connectivity index (χ1v) is 6.13. The SMILES string of the molecule is CCC(=O)OC[C@H](CC(C)(C)C)OC(=O)CC. The maximum atomic E-state index is 11.3. The van der Waals surface area contributed by atoms with Gasteiger partial charge in [-0.15, -0.1) is 0 Å². The summed E-state index contributed by atoms with van der Waals surface area (Å²) in [5.74, 6) is -0.525. The molecule has 0 fully saturated rings. The van der Waals surface area contributed by atoms with Crippen LogP contribution < -0.4 is 0 Å². The van der Waals surface area contributed by atoms with Crippen molar-refractivity contribution in [1.29, 1.82) is 0 Å². The molecule has 4 nitrogen and oxygen atoms in total. The first kappa shape index (κ1) is 15.9. The van der Waals surface area contributed by atoms with Crippen molar-refractivity contribution in [2.24, 2.45) is 5.41 Å². The number of esters is 2. The second kappa shape index (κ2) is 7.30. The molecule has 0 rings (SSSR count). The van der Waals surface area contributed by atoms with Gasteiger partial charge >= 0.3 is 11.9 Å². The normalized spacial score (nSPS) is 13.0.